The van der Waals surface area contributed by atoms with E-state index >= 15 is 0 Å². The molecule has 172 valence electrons. The summed E-state index contributed by atoms with van der Waals surface area (Å²) < 4.78 is 0. The van der Waals surface area contributed by atoms with E-state index in [4.69, 9.17) is 5.11 Å². The minimum absolute atomic E-state index is 0.179. The molecule has 0 unspecified atom stereocenters. The maximum atomic E-state index is 12.2. The number of nitrogens with one attached hydrogen (secondary N) is 1. The Balaban J connectivity index is 1.37. The van der Waals surface area contributed by atoms with E-state index in [9.17, 15) is 14.7 Å². The summed E-state index contributed by atoms with van der Waals surface area (Å²) in [5, 5.41) is 25.4. The normalized spacial score (nSPS) is 14.3. The van der Waals surface area contributed by atoms with Crippen molar-refractivity contribution in [1.82, 2.24) is 15.3 Å². The van der Waals surface area contributed by atoms with Crippen LogP contribution in [0.15, 0.2) is 41.1 Å². The van der Waals surface area contributed by atoms with Gasteiger partial charge in [0.15, 0.2) is 11.4 Å². The average molecular weight is 467 g/mol. The Bertz CT molecular complexity index is 1120. The fourth-order valence-electron chi connectivity index (χ4n) is 4.06. The zero-order valence-corrected chi connectivity index (χ0v) is 19.1. The molecule has 1 fully saturated rings. The summed E-state index contributed by atoms with van der Waals surface area (Å²) in [6.07, 6.45) is 2.54. The first-order valence-electron chi connectivity index (χ1n) is 10.8. The number of carboxylic acids is 1. The minimum Gasteiger partial charge on any atom is -0.504 e. The van der Waals surface area contributed by atoms with Crippen LogP contribution < -0.4 is 10.2 Å². The first kappa shape index (κ1) is 22.7. The van der Waals surface area contributed by atoms with E-state index in [2.05, 4.69) is 61.3 Å². The molecular weight excluding hydrogens is 440 g/mol. The number of nitrogens with zero attached hydrogens (tertiary/aromatic N) is 3. The van der Waals surface area contributed by atoms with Crippen LogP contribution in [0, 0.1) is 12.8 Å². The van der Waals surface area contributed by atoms with Crippen molar-refractivity contribution in [2.75, 3.05) is 24.5 Å². The van der Waals surface area contributed by atoms with Gasteiger partial charge >= 0.3 is 5.97 Å². The molecule has 0 radical (unpaired) electrons. The SMILES string of the molecule is Cc1nc(CC2CCN(c3ccc(-c4ccsc4)cc3)CC2)nc(C(=O)NCC(=O)O)c1O. The summed E-state index contributed by atoms with van der Waals surface area (Å²) in [5.74, 6) is -1.35. The van der Waals surface area contributed by atoms with Gasteiger partial charge in [-0.2, -0.15) is 11.3 Å². The third kappa shape index (κ3) is 5.48. The lowest BCUT2D eigenvalue weighted by Crippen LogP contribution is -2.34. The van der Waals surface area contributed by atoms with E-state index in [1.54, 1.807) is 18.3 Å². The molecule has 0 spiro atoms. The van der Waals surface area contributed by atoms with Gasteiger partial charge in [-0.25, -0.2) is 9.97 Å². The Morgan fingerprint density at radius 3 is 2.48 bits per heavy atom. The van der Waals surface area contributed by atoms with Crippen LogP contribution in [-0.4, -0.2) is 51.7 Å². The molecule has 3 N–H and O–H groups in total. The Kier molecular flexibility index (Phi) is 6.88. The Hall–Kier alpha value is -3.46. The van der Waals surface area contributed by atoms with E-state index < -0.39 is 18.4 Å². The summed E-state index contributed by atoms with van der Waals surface area (Å²) >= 11 is 1.69. The molecule has 1 amide bonds. The maximum Gasteiger partial charge on any atom is 0.322 e. The Labute approximate surface area is 195 Å². The lowest BCUT2D eigenvalue weighted by Gasteiger charge is -2.33. The Morgan fingerprint density at radius 2 is 1.85 bits per heavy atom. The third-order valence-electron chi connectivity index (χ3n) is 5.89. The van der Waals surface area contributed by atoms with Crippen molar-refractivity contribution in [1.29, 1.82) is 0 Å². The van der Waals surface area contributed by atoms with Gasteiger partial charge in [-0.05, 0) is 65.8 Å². The van der Waals surface area contributed by atoms with Crippen LogP contribution in [0.4, 0.5) is 5.69 Å². The molecule has 33 heavy (non-hydrogen) atoms. The van der Waals surface area contributed by atoms with E-state index in [1.165, 1.54) is 16.8 Å². The van der Waals surface area contributed by atoms with Crippen molar-refractivity contribution in [3.8, 4) is 16.9 Å². The predicted molar refractivity (Wildman–Crippen MR) is 127 cm³/mol. The largest absolute Gasteiger partial charge is 0.504 e. The number of benzene rings is 1. The molecule has 4 rings (SSSR count). The highest BCUT2D eigenvalue weighted by molar-refractivity contribution is 7.08. The molecule has 0 saturated carbocycles. The molecule has 1 saturated heterocycles. The molecule has 1 aromatic carbocycles. The van der Waals surface area contributed by atoms with Gasteiger partial charge < -0.3 is 20.4 Å². The van der Waals surface area contributed by atoms with Crippen LogP contribution in [0.1, 0.15) is 34.8 Å². The summed E-state index contributed by atoms with van der Waals surface area (Å²) in [6, 6.07) is 10.8. The van der Waals surface area contributed by atoms with Gasteiger partial charge in [0, 0.05) is 25.2 Å². The number of hydrogen-bond acceptors (Lipinski definition) is 7. The van der Waals surface area contributed by atoms with Crippen LogP contribution >= 0.6 is 11.3 Å². The zero-order valence-electron chi connectivity index (χ0n) is 18.3. The number of carbonyl (C=O) groups excluding carboxylic acids is 1. The second-order valence-corrected chi connectivity index (χ2v) is 8.97. The standard InChI is InChI=1S/C24H26N4O4S/c1-15-23(31)22(24(32)25-13-21(29)30)27-20(26-15)12-16-6-9-28(10-7-16)19-4-2-17(3-5-19)18-8-11-33-14-18/h2-5,8,11,14,16,31H,6-7,9-10,12-13H2,1H3,(H,25,32)(H,29,30). The van der Waals surface area contributed by atoms with Gasteiger partial charge in [0.25, 0.3) is 5.91 Å². The van der Waals surface area contributed by atoms with Crippen LogP contribution in [0.5, 0.6) is 5.75 Å². The summed E-state index contributed by atoms with van der Waals surface area (Å²) in [5.41, 5.74) is 3.80. The first-order valence-corrected chi connectivity index (χ1v) is 11.8. The van der Waals surface area contributed by atoms with Gasteiger partial charge in [-0.15, -0.1) is 0 Å². The average Bonchev–Trinajstić information content (AvgIpc) is 3.35. The van der Waals surface area contributed by atoms with Crippen molar-refractivity contribution >= 4 is 28.9 Å². The second kappa shape index (κ2) is 9.99. The molecule has 0 aliphatic carbocycles. The van der Waals surface area contributed by atoms with Crippen LogP contribution in [0.2, 0.25) is 0 Å². The topological polar surface area (TPSA) is 116 Å². The van der Waals surface area contributed by atoms with Gasteiger partial charge in [0.2, 0.25) is 0 Å². The smallest absolute Gasteiger partial charge is 0.322 e. The van der Waals surface area contributed by atoms with Gasteiger partial charge in [0.05, 0.1) is 5.69 Å². The van der Waals surface area contributed by atoms with E-state index in [0.29, 0.717) is 23.9 Å². The van der Waals surface area contributed by atoms with Gasteiger partial charge in [-0.3, -0.25) is 9.59 Å². The van der Waals surface area contributed by atoms with E-state index in [0.717, 1.165) is 25.9 Å². The molecule has 0 bridgehead atoms. The fraction of sp³-hybridized carbons (Fsp3) is 0.333. The molecule has 2 aromatic heterocycles. The van der Waals surface area contributed by atoms with Gasteiger partial charge in [0.1, 0.15) is 12.4 Å². The number of amides is 1. The van der Waals surface area contributed by atoms with Crippen molar-refractivity contribution in [3.05, 3.63) is 58.3 Å². The molecule has 1 aliphatic rings. The molecule has 3 aromatic rings. The zero-order chi connectivity index (χ0) is 23.4. The lowest BCUT2D eigenvalue weighted by molar-refractivity contribution is -0.135. The molecular formula is C24H26N4O4S. The number of hydrogen-bond donors (Lipinski definition) is 3. The number of thiophene rings is 1. The Morgan fingerprint density at radius 1 is 1.12 bits per heavy atom. The molecule has 3 heterocycles. The van der Waals surface area contributed by atoms with Crippen LogP contribution in [0.3, 0.4) is 0 Å². The lowest BCUT2D eigenvalue weighted by atomic mass is 9.92. The number of piperidine rings is 1. The molecule has 9 heteroatoms. The molecule has 0 atom stereocenters. The first-order chi connectivity index (χ1) is 15.9. The highest BCUT2D eigenvalue weighted by atomic mass is 32.1. The summed E-state index contributed by atoms with van der Waals surface area (Å²) in [4.78, 5) is 33.9. The van der Waals surface area contributed by atoms with Crippen molar-refractivity contribution in [2.24, 2.45) is 5.92 Å². The highest BCUT2D eigenvalue weighted by Gasteiger charge is 2.23. The minimum atomic E-state index is -1.17. The predicted octanol–water partition coefficient (Wildman–Crippen LogP) is 3.49. The van der Waals surface area contributed by atoms with Gasteiger partial charge in [-0.1, -0.05) is 12.1 Å². The molecule has 1 aliphatic heterocycles. The number of carboxylic acid groups (broad SMARTS) is 1. The summed E-state index contributed by atoms with van der Waals surface area (Å²) in [6.45, 7) is 2.91. The number of aromatic nitrogens is 2. The van der Waals surface area contributed by atoms with E-state index in [1.807, 2.05) is 0 Å². The maximum absolute atomic E-state index is 12.2. The van der Waals surface area contributed by atoms with E-state index in [-0.39, 0.29) is 11.4 Å². The monoisotopic (exact) mass is 466 g/mol. The quantitative estimate of drug-likeness (QED) is 0.488. The van der Waals surface area contributed by atoms with Crippen LogP contribution in [-0.2, 0) is 11.2 Å². The summed E-state index contributed by atoms with van der Waals surface area (Å²) in [7, 11) is 0. The highest BCUT2D eigenvalue weighted by Crippen LogP contribution is 2.29. The number of carbonyl (C=O) groups is 2. The number of aliphatic carboxylic acids is 1. The third-order valence-corrected chi connectivity index (χ3v) is 6.58. The number of rotatable bonds is 7. The second-order valence-electron chi connectivity index (χ2n) is 8.19. The van der Waals surface area contributed by atoms with Crippen molar-refractivity contribution in [2.45, 2.75) is 26.2 Å². The van der Waals surface area contributed by atoms with Crippen molar-refractivity contribution < 1.29 is 19.8 Å². The van der Waals surface area contributed by atoms with Crippen LogP contribution in [0.25, 0.3) is 11.1 Å². The van der Waals surface area contributed by atoms with Crippen molar-refractivity contribution in [3.63, 3.8) is 0 Å². The number of aryl methyl sites for hydroxylation is 1. The fourth-order valence-corrected chi connectivity index (χ4v) is 4.73. The molecule has 8 nitrogen and oxygen atoms in total. The number of anilines is 1. The number of aromatic hydroxyl groups is 1.